The Hall–Kier alpha value is -1.08. The van der Waals surface area contributed by atoms with Crippen LogP contribution in [0.15, 0.2) is 0 Å². The summed E-state index contributed by atoms with van der Waals surface area (Å²) in [7, 11) is 0. The Morgan fingerprint density at radius 1 is 1.27 bits per heavy atom. The van der Waals surface area contributed by atoms with E-state index in [0.29, 0.717) is 26.1 Å². The molecule has 4 nitrogen and oxygen atoms in total. The SMILES string of the molecule is CCCCCC(=O)OCCOCCC#N. The number of carbonyl (C=O) groups excluding carboxylic acids is 1. The molecule has 0 rings (SSSR count). The summed E-state index contributed by atoms with van der Waals surface area (Å²) in [5, 5.41) is 8.22. The Labute approximate surface area is 91.2 Å². The van der Waals surface area contributed by atoms with Gasteiger partial charge in [0.2, 0.25) is 0 Å². The monoisotopic (exact) mass is 213 g/mol. The maximum absolute atomic E-state index is 11.1. The van der Waals surface area contributed by atoms with Crippen molar-refractivity contribution in [2.75, 3.05) is 19.8 Å². The van der Waals surface area contributed by atoms with Crippen LogP contribution in [-0.4, -0.2) is 25.8 Å². The summed E-state index contributed by atoms with van der Waals surface area (Å²) >= 11 is 0. The van der Waals surface area contributed by atoms with Crippen molar-refractivity contribution >= 4 is 5.97 Å². The molecule has 0 aliphatic heterocycles. The van der Waals surface area contributed by atoms with Crippen LogP contribution in [0.3, 0.4) is 0 Å². The Balaban J connectivity index is 3.14. The van der Waals surface area contributed by atoms with Gasteiger partial charge < -0.3 is 9.47 Å². The first-order valence-electron chi connectivity index (χ1n) is 5.41. The van der Waals surface area contributed by atoms with Crippen LogP contribution in [0.2, 0.25) is 0 Å². The summed E-state index contributed by atoms with van der Waals surface area (Å²) in [5.41, 5.74) is 0. The molecule has 0 radical (unpaired) electrons. The Kier molecular flexibility index (Phi) is 10.2. The largest absolute Gasteiger partial charge is 0.463 e. The van der Waals surface area contributed by atoms with E-state index in [1.807, 2.05) is 6.07 Å². The van der Waals surface area contributed by atoms with Gasteiger partial charge in [0, 0.05) is 6.42 Å². The molecule has 0 N–H and O–H groups in total. The van der Waals surface area contributed by atoms with Gasteiger partial charge in [0.1, 0.15) is 6.61 Å². The number of carbonyl (C=O) groups is 1. The average Bonchev–Trinajstić information content (AvgIpc) is 2.23. The first-order chi connectivity index (χ1) is 7.31. The second-order valence-corrected chi connectivity index (χ2v) is 3.20. The van der Waals surface area contributed by atoms with Gasteiger partial charge in [-0.3, -0.25) is 4.79 Å². The lowest BCUT2D eigenvalue weighted by molar-refractivity contribution is -0.145. The molecule has 0 bridgehead atoms. The third kappa shape index (κ3) is 10.8. The number of nitriles is 1. The fourth-order valence-electron chi connectivity index (χ4n) is 1.03. The van der Waals surface area contributed by atoms with Gasteiger partial charge in [-0.1, -0.05) is 19.8 Å². The molecule has 0 saturated heterocycles. The summed E-state index contributed by atoms with van der Waals surface area (Å²) in [5.74, 6) is -0.160. The summed E-state index contributed by atoms with van der Waals surface area (Å²) < 4.78 is 9.97. The molecule has 0 aromatic carbocycles. The van der Waals surface area contributed by atoms with Crippen molar-refractivity contribution in [3.63, 3.8) is 0 Å². The molecule has 4 heteroatoms. The lowest BCUT2D eigenvalue weighted by atomic mass is 10.2. The van der Waals surface area contributed by atoms with Crippen LogP contribution >= 0.6 is 0 Å². The molecule has 0 spiro atoms. The van der Waals surface area contributed by atoms with E-state index in [9.17, 15) is 4.79 Å². The molecule has 0 atom stereocenters. The van der Waals surface area contributed by atoms with Crippen LogP contribution in [0.5, 0.6) is 0 Å². The lowest BCUT2D eigenvalue weighted by Crippen LogP contribution is -2.10. The molecular weight excluding hydrogens is 194 g/mol. The molecule has 0 unspecified atom stereocenters. The lowest BCUT2D eigenvalue weighted by Gasteiger charge is -2.04. The summed E-state index contributed by atoms with van der Waals surface area (Å²) in [6.07, 6.45) is 3.93. The van der Waals surface area contributed by atoms with Crippen molar-refractivity contribution in [3.8, 4) is 6.07 Å². The zero-order chi connectivity index (χ0) is 11.4. The zero-order valence-electron chi connectivity index (χ0n) is 9.33. The van der Waals surface area contributed by atoms with E-state index in [0.717, 1.165) is 19.3 Å². The average molecular weight is 213 g/mol. The van der Waals surface area contributed by atoms with Crippen LogP contribution < -0.4 is 0 Å². The maximum atomic E-state index is 11.1. The normalized spacial score (nSPS) is 9.60. The standard InChI is InChI=1S/C11H19NO3/c1-2-3-4-6-11(13)15-10-9-14-8-5-7-12/h2-6,8-10H2,1H3. The van der Waals surface area contributed by atoms with Crippen molar-refractivity contribution in [1.29, 1.82) is 5.26 Å². The van der Waals surface area contributed by atoms with Gasteiger partial charge in [-0.25, -0.2) is 0 Å². The number of ether oxygens (including phenoxy) is 2. The van der Waals surface area contributed by atoms with Crippen molar-refractivity contribution < 1.29 is 14.3 Å². The van der Waals surface area contributed by atoms with E-state index < -0.39 is 0 Å². The van der Waals surface area contributed by atoms with Crippen molar-refractivity contribution in [2.24, 2.45) is 0 Å². The molecule has 0 fully saturated rings. The first kappa shape index (κ1) is 13.9. The fraction of sp³-hybridized carbons (Fsp3) is 0.818. The Bertz CT molecular complexity index is 198. The summed E-state index contributed by atoms with van der Waals surface area (Å²) in [6.45, 7) is 3.16. The molecule has 0 heterocycles. The van der Waals surface area contributed by atoms with E-state index in [4.69, 9.17) is 14.7 Å². The van der Waals surface area contributed by atoms with Gasteiger partial charge in [0.25, 0.3) is 0 Å². The quantitative estimate of drug-likeness (QED) is 0.434. The van der Waals surface area contributed by atoms with Crippen LogP contribution in [0.25, 0.3) is 0 Å². The predicted octanol–water partition coefficient (Wildman–Crippen LogP) is 2.04. The first-order valence-corrected chi connectivity index (χ1v) is 5.41. The van der Waals surface area contributed by atoms with Gasteiger partial charge in [0.15, 0.2) is 0 Å². The molecule has 0 aromatic heterocycles. The van der Waals surface area contributed by atoms with Gasteiger partial charge in [0.05, 0.1) is 25.7 Å². The summed E-state index contributed by atoms with van der Waals surface area (Å²) in [4.78, 5) is 11.1. The van der Waals surface area contributed by atoms with Gasteiger partial charge in [-0.15, -0.1) is 0 Å². The topological polar surface area (TPSA) is 59.3 Å². The van der Waals surface area contributed by atoms with E-state index in [1.54, 1.807) is 0 Å². The second-order valence-electron chi connectivity index (χ2n) is 3.20. The highest BCUT2D eigenvalue weighted by Crippen LogP contribution is 2.00. The minimum atomic E-state index is -0.160. The fourth-order valence-corrected chi connectivity index (χ4v) is 1.03. The molecular formula is C11H19NO3. The zero-order valence-corrected chi connectivity index (χ0v) is 9.33. The smallest absolute Gasteiger partial charge is 0.305 e. The molecule has 15 heavy (non-hydrogen) atoms. The van der Waals surface area contributed by atoms with Crippen LogP contribution in [0.4, 0.5) is 0 Å². The Morgan fingerprint density at radius 3 is 2.73 bits per heavy atom. The van der Waals surface area contributed by atoms with E-state index in [2.05, 4.69) is 6.92 Å². The summed E-state index contributed by atoms with van der Waals surface area (Å²) in [6, 6.07) is 1.97. The second kappa shape index (κ2) is 11.0. The third-order valence-electron chi connectivity index (χ3n) is 1.83. The van der Waals surface area contributed by atoms with E-state index >= 15 is 0 Å². The number of hydrogen-bond acceptors (Lipinski definition) is 4. The number of nitrogens with zero attached hydrogens (tertiary/aromatic N) is 1. The van der Waals surface area contributed by atoms with E-state index in [-0.39, 0.29) is 12.6 Å². The van der Waals surface area contributed by atoms with Crippen LogP contribution in [0, 0.1) is 11.3 Å². The highest BCUT2D eigenvalue weighted by atomic mass is 16.6. The molecule has 86 valence electrons. The molecule has 0 aromatic rings. The van der Waals surface area contributed by atoms with Crippen LogP contribution in [-0.2, 0) is 14.3 Å². The number of rotatable bonds is 9. The molecule has 0 amide bonds. The molecule has 0 saturated carbocycles. The van der Waals surface area contributed by atoms with Crippen molar-refractivity contribution in [1.82, 2.24) is 0 Å². The van der Waals surface area contributed by atoms with Gasteiger partial charge in [-0.05, 0) is 6.42 Å². The molecule has 0 aliphatic carbocycles. The number of hydrogen-bond donors (Lipinski definition) is 0. The van der Waals surface area contributed by atoms with Gasteiger partial charge in [-0.2, -0.15) is 5.26 Å². The van der Waals surface area contributed by atoms with Crippen molar-refractivity contribution in [2.45, 2.75) is 39.0 Å². The van der Waals surface area contributed by atoms with E-state index in [1.165, 1.54) is 0 Å². The minimum Gasteiger partial charge on any atom is -0.463 e. The van der Waals surface area contributed by atoms with Gasteiger partial charge >= 0.3 is 5.97 Å². The van der Waals surface area contributed by atoms with Crippen LogP contribution in [0.1, 0.15) is 39.0 Å². The molecule has 0 aliphatic rings. The maximum Gasteiger partial charge on any atom is 0.305 e. The number of unbranched alkanes of at least 4 members (excludes halogenated alkanes) is 2. The highest BCUT2D eigenvalue weighted by Gasteiger charge is 2.01. The third-order valence-corrected chi connectivity index (χ3v) is 1.83. The number of esters is 1. The minimum absolute atomic E-state index is 0.160. The Morgan fingerprint density at radius 2 is 2.07 bits per heavy atom. The predicted molar refractivity (Wildman–Crippen MR) is 56.2 cm³/mol. The highest BCUT2D eigenvalue weighted by molar-refractivity contribution is 5.69. The van der Waals surface area contributed by atoms with Crippen molar-refractivity contribution in [3.05, 3.63) is 0 Å².